The van der Waals surface area contributed by atoms with Crippen molar-refractivity contribution < 1.29 is 0 Å². The average molecular weight is 322 g/mol. The molecule has 1 aromatic carbocycles. The quantitative estimate of drug-likeness (QED) is 0.747. The third-order valence-corrected chi connectivity index (χ3v) is 4.81. The van der Waals surface area contributed by atoms with Crippen LogP contribution in [0.1, 0.15) is 10.6 Å². The van der Waals surface area contributed by atoms with Crippen molar-refractivity contribution in [1.29, 1.82) is 0 Å². The number of thiazole rings is 1. The molecule has 2 aromatic heterocycles. The first-order valence-corrected chi connectivity index (χ1v) is 8.05. The highest BCUT2D eigenvalue weighted by atomic mass is 35.5. The van der Waals surface area contributed by atoms with Crippen molar-refractivity contribution in [3.63, 3.8) is 0 Å². The van der Waals surface area contributed by atoms with Gasteiger partial charge >= 0.3 is 0 Å². The van der Waals surface area contributed by atoms with Crippen molar-refractivity contribution in [3.8, 4) is 10.4 Å². The van der Waals surface area contributed by atoms with E-state index in [2.05, 4.69) is 38.9 Å². The fourth-order valence-corrected chi connectivity index (χ4v) is 3.50. The number of nitrogens with one attached hydrogen (secondary N) is 1. The highest BCUT2D eigenvalue weighted by Gasteiger charge is 2.04. The average Bonchev–Trinajstić information content (AvgIpc) is 3.06. The number of hydrogen-bond acceptors (Lipinski definition) is 5. The van der Waals surface area contributed by atoms with E-state index in [0.29, 0.717) is 4.47 Å². The van der Waals surface area contributed by atoms with E-state index in [-0.39, 0.29) is 0 Å². The first kappa shape index (κ1) is 13.5. The molecule has 0 amide bonds. The maximum absolute atomic E-state index is 5.82. The Morgan fingerprint density at radius 2 is 2.20 bits per heavy atom. The smallest absolute Gasteiger partial charge is 0.183 e. The number of aromatic nitrogens is 2. The van der Waals surface area contributed by atoms with E-state index in [1.54, 1.807) is 6.20 Å². The number of hydrogen-bond donors (Lipinski definition) is 1. The second-order valence-electron chi connectivity index (χ2n) is 4.35. The molecule has 0 spiro atoms. The van der Waals surface area contributed by atoms with Gasteiger partial charge in [-0.15, -0.1) is 11.3 Å². The zero-order valence-electron chi connectivity index (χ0n) is 10.8. The van der Waals surface area contributed by atoms with Gasteiger partial charge in [0.1, 0.15) is 0 Å². The lowest BCUT2D eigenvalue weighted by molar-refractivity contribution is 1.18. The van der Waals surface area contributed by atoms with Crippen LogP contribution in [0.15, 0.2) is 36.5 Å². The minimum Gasteiger partial charge on any atom is -0.380 e. The molecule has 0 aliphatic carbocycles. The van der Waals surface area contributed by atoms with Crippen molar-refractivity contribution in [2.75, 3.05) is 5.32 Å². The van der Waals surface area contributed by atoms with Crippen molar-refractivity contribution in [2.45, 2.75) is 13.5 Å². The summed E-state index contributed by atoms with van der Waals surface area (Å²) in [6.07, 6.45) is 1.80. The molecule has 3 rings (SSSR count). The largest absolute Gasteiger partial charge is 0.380 e. The van der Waals surface area contributed by atoms with Crippen molar-refractivity contribution in [1.82, 2.24) is 9.36 Å². The van der Waals surface area contributed by atoms with Gasteiger partial charge in [-0.05, 0) is 42.2 Å². The van der Waals surface area contributed by atoms with Crippen LogP contribution < -0.4 is 5.32 Å². The van der Waals surface area contributed by atoms with Gasteiger partial charge in [0.2, 0.25) is 0 Å². The number of anilines is 1. The molecule has 0 saturated carbocycles. The zero-order chi connectivity index (χ0) is 13.9. The molecule has 0 saturated heterocycles. The second kappa shape index (κ2) is 5.91. The molecule has 3 aromatic rings. The standard InChI is InChI=1S/C14H12ClN3S2/c1-9-5-13(20-18-9)10-3-2-4-11(6-10)16-7-12-8-17-14(15)19-12/h2-6,8,16H,7H2,1H3. The van der Waals surface area contributed by atoms with Gasteiger partial charge in [-0.25, -0.2) is 4.98 Å². The topological polar surface area (TPSA) is 37.8 Å². The summed E-state index contributed by atoms with van der Waals surface area (Å²) in [5.74, 6) is 0. The Labute approximate surface area is 130 Å². The van der Waals surface area contributed by atoms with Crippen LogP contribution in [0.5, 0.6) is 0 Å². The Morgan fingerprint density at radius 3 is 2.90 bits per heavy atom. The van der Waals surface area contributed by atoms with Gasteiger partial charge in [0.05, 0.1) is 17.1 Å². The van der Waals surface area contributed by atoms with Crippen LogP contribution in [0.2, 0.25) is 4.47 Å². The molecule has 0 aliphatic heterocycles. The number of nitrogens with zero attached hydrogens (tertiary/aromatic N) is 2. The molecule has 0 bridgehead atoms. The predicted molar refractivity (Wildman–Crippen MR) is 86.7 cm³/mol. The van der Waals surface area contributed by atoms with Crippen molar-refractivity contribution in [2.24, 2.45) is 0 Å². The maximum atomic E-state index is 5.82. The third kappa shape index (κ3) is 3.17. The SMILES string of the molecule is Cc1cc(-c2cccc(NCc3cnc(Cl)s3)c2)sn1. The van der Waals surface area contributed by atoms with Crippen molar-refractivity contribution >= 4 is 40.2 Å². The van der Waals surface area contributed by atoms with E-state index in [1.165, 1.54) is 33.3 Å². The first-order valence-electron chi connectivity index (χ1n) is 6.08. The van der Waals surface area contributed by atoms with Gasteiger partial charge in [0.15, 0.2) is 4.47 Å². The number of rotatable bonds is 4. The summed E-state index contributed by atoms with van der Waals surface area (Å²) in [4.78, 5) is 6.34. The van der Waals surface area contributed by atoms with Crippen LogP contribution in [-0.2, 0) is 6.54 Å². The van der Waals surface area contributed by atoms with Crippen LogP contribution in [0, 0.1) is 6.92 Å². The summed E-state index contributed by atoms with van der Waals surface area (Å²) in [6.45, 7) is 2.74. The monoisotopic (exact) mass is 321 g/mol. The predicted octanol–water partition coefficient (Wildman–Crippen LogP) is 4.84. The summed E-state index contributed by atoms with van der Waals surface area (Å²) >= 11 is 8.84. The molecule has 0 unspecified atom stereocenters. The minimum absolute atomic E-state index is 0.579. The summed E-state index contributed by atoms with van der Waals surface area (Å²) in [5.41, 5.74) is 3.32. The first-order chi connectivity index (χ1) is 9.70. The fourth-order valence-electron chi connectivity index (χ4n) is 1.84. The van der Waals surface area contributed by atoms with E-state index in [9.17, 15) is 0 Å². The molecule has 6 heteroatoms. The van der Waals surface area contributed by atoms with Gasteiger partial charge in [0.25, 0.3) is 0 Å². The Hall–Kier alpha value is -1.43. The number of aryl methyl sites for hydroxylation is 1. The Bertz CT molecular complexity index is 721. The van der Waals surface area contributed by atoms with E-state index < -0.39 is 0 Å². The van der Waals surface area contributed by atoms with Gasteiger partial charge in [0, 0.05) is 16.8 Å². The van der Waals surface area contributed by atoms with Crippen LogP contribution in [0.3, 0.4) is 0 Å². The molecular weight excluding hydrogens is 310 g/mol. The number of benzene rings is 1. The molecule has 3 nitrogen and oxygen atoms in total. The summed E-state index contributed by atoms with van der Waals surface area (Å²) in [5, 5.41) is 3.39. The van der Waals surface area contributed by atoms with E-state index in [1.807, 2.05) is 13.0 Å². The molecule has 0 radical (unpaired) electrons. The van der Waals surface area contributed by atoms with Crippen LogP contribution in [0.4, 0.5) is 5.69 Å². The summed E-state index contributed by atoms with van der Waals surface area (Å²) in [7, 11) is 0. The molecule has 0 atom stereocenters. The van der Waals surface area contributed by atoms with E-state index in [0.717, 1.165) is 22.8 Å². The maximum Gasteiger partial charge on any atom is 0.183 e. The zero-order valence-corrected chi connectivity index (χ0v) is 13.1. The molecule has 102 valence electrons. The van der Waals surface area contributed by atoms with Gasteiger partial charge in [-0.3, -0.25) is 0 Å². The lowest BCUT2D eigenvalue weighted by Gasteiger charge is -2.06. The molecule has 0 aliphatic rings. The van der Waals surface area contributed by atoms with Gasteiger partial charge in [-0.2, -0.15) is 4.37 Å². The van der Waals surface area contributed by atoms with Gasteiger partial charge in [-0.1, -0.05) is 23.7 Å². The fraction of sp³-hybridized carbons (Fsp3) is 0.143. The Morgan fingerprint density at radius 1 is 1.30 bits per heavy atom. The van der Waals surface area contributed by atoms with E-state index >= 15 is 0 Å². The minimum atomic E-state index is 0.579. The van der Waals surface area contributed by atoms with Crippen LogP contribution in [-0.4, -0.2) is 9.36 Å². The van der Waals surface area contributed by atoms with Crippen LogP contribution >= 0.6 is 34.5 Å². The molecule has 20 heavy (non-hydrogen) atoms. The summed E-state index contributed by atoms with van der Waals surface area (Å²) in [6, 6.07) is 10.4. The highest BCUT2D eigenvalue weighted by molar-refractivity contribution is 7.15. The van der Waals surface area contributed by atoms with Gasteiger partial charge < -0.3 is 5.32 Å². The molecule has 2 heterocycles. The Balaban J connectivity index is 1.74. The lowest BCUT2D eigenvalue weighted by Crippen LogP contribution is -1.97. The van der Waals surface area contributed by atoms with Crippen molar-refractivity contribution in [3.05, 3.63) is 51.6 Å². The Kier molecular flexibility index (Phi) is 4.00. The second-order valence-corrected chi connectivity index (χ2v) is 6.85. The molecule has 1 N–H and O–H groups in total. The normalized spacial score (nSPS) is 10.7. The third-order valence-electron chi connectivity index (χ3n) is 2.77. The molecule has 0 fully saturated rings. The lowest BCUT2D eigenvalue weighted by atomic mass is 10.1. The molecular formula is C14H12ClN3S2. The summed E-state index contributed by atoms with van der Waals surface area (Å²) < 4.78 is 4.90. The number of halogens is 1. The highest BCUT2D eigenvalue weighted by Crippen LogP contribution is 2.27. The van der Waals surface area contributed by atoms with E-state index in [4.69, 9.17) is 11.6 Å². The van der Waals surface area contributed by atoms with Crippen LogP contribution in [0.25, 0.3) is 10.4 Å².